The van der Waals surface area contributed by atoms with Crippen LogP contribution in [0, 0.1) is 11.8 Å². The van der Waals surface area contributed by atoms with Crippen LogP contribution in [0.25, 0.3) is 0 Å². The molecule has 4 rings (SSSR count). The molecule has 0 bridgehead atoms. The summed E-state index contributed by atoms with van der Waals surface area (Å²) in [5.74, 6) is 0.311. The van der Waals surface area contributed by atoms with Crippen LogP contribution in [-0.2, 0) is 4.79 Å². The van der Waals surface area contributed by atoms with Gasteiger partial charge in [0.2, 0.25) is 5.91 Å². The smallest absolute Gasteiger partial charge is 0.352 e. The second-order valence-electron chi connectivity index (χ2n) is 10.2. The molecule has 2 N–H and O–H groups in total. The van der Waals surface area contributed by atoms with Gasteiger partial charge in [0, 0.05) is 50.2 Å². The monoisotopic (exact) mass is 448 g/mol. The second kappa shape index (κ2) is 9.51. The number of alkyl halides is 4. The fourth-order valence-corrected chi connectivity index (χ4v) is 6.27. The first-order chi connectivity index (χ1) is 14.7. The summed E-state index contributed by atoms with van der Waals surface area (Å²) in [5.41, 5.74) is 0. The third-order valence-electron chi connectivity index (χ3n) is 7.97. The van der Waals surface area contributed by atoms with Crippen LogP contribution in [0.3, 0.4) is 0 Å². The number of carbonyl (C=O) groups excluding carboxylic acids is 1. The molecule has 7 atom stereocenters. The summed E-state index contributed by atoms with van der Waals surface area (Å²) < 4.78 is 52.2. The second-order valence-corrected chi connectivity index (χ2v) is 10.2. The number of nitrogens with zero attached hydrogens (tertiary/aromatic N) is 2. The van der Waals surface area contributed by atoms with Crippen molar-refractivity contribution >= 4 is 5.91 Å². The lowest BCUT2D eigenvalue weighted by Gasteiger charge is -2.42. The summed E-state index contributed by atoms with van der Waals surface area (Å²) >= 11 is 0. The standard InChI is InChI=1S/C22H36F4N4O/c1-14-5-6-18(23)17-12-19(28-20(14)17)21(31)27-15-3-2-4-16(11-15)30-9-7-29(8-10-30)13-22(24,25)26/h14-20,28H,2-13H2,1H3,(H,27,31)/t14?,15-,16-,17?,18?,19?,20?/m1/s1. The lowest BCUT2D eigenvalue weighted by molar-refractivity contribution is -0.150. The minimum absolute atomic E-state index is 0.0190. The van der Waals surface area contributed by atoms with E-state index in [4.69, 9.17) is 0 Å². The van der Waals surface area contributed by atoms with Gasteiger partial charge in [-0.15, -0.1) is 0 Å². The van der Waals surface area contributed by atoms with E-state index in [1.165, 1.54) is 4.90 Å². The molecule has 5 nitrogen and oxygen atoms in total. The van der Waals surface area contributed by atoms with E-state index < -0.39 is 18.9 Å². The third-order valence-corrected chi connectivity index (χ3v) is 7.97. The molecule has 2 saturated carbocycles. The molecule has 31 heavy (non-hydrogen) atoms. The molecule has 0 aromatic heterocycles. The van der Waals surface area contributed by atoms with Gasteiger partial charge in [0.25, 0.3) is 0 Å². The molecule has 0 spiro atoms. The Balaban J connectivity index is 1.24. The molecule has 2 aliphatic carbocycles. The summed E-state index contributed by atoms with van der Waals surface area (Å²) in [4.78, 5) is 16.7. The van der Waals surface area contributed by atoms with Crippen LogP contribution in [0.1, 0.15) is 51.9 Å². The van der Waals surface area contributed by atoms with Gasteiger partial charge in [-0.2, -0.15) is 13.2 Å². The van der Waals surface area contributed by atoms with Crippen LogP contribution < -0.4 is 10.6 Å². The molecule has 5 unspecified atom stereocenters. The minimum atomic E-state index is -4.14. The predicted molar refractivity (Wildman–Crippen MR) is 110 cm³/mol. The normalized spacial score (nSPS) is 40.5. The number of rotatable bonds is 4. The van der Waals surface area contributed by atoms with Gasteiger partial charge in [-0.3, -0.25) is 14.6 Å². The molecule has 178 valence electrons. The van der Waals surface area contributed by atoms with Crippen molar-refractivity contribution in [1.82, 2.24) is 20.4 Å². The Labute approximate surface area is 182 Å². The van der Waals surface area contributed by atoms with Crippen LogP contribution >= 0.6 is 0 Å². The molecule has 4 aliphatic rings. The number of fused-ring (bicyclic) bond motifs is 1. The molecular formula is C22H36F4N4O. The molecule has 0 radical (unpaired) electrons. The molecule has 0 aromatic rings. The van der Waals surface area contributed by atoms with Crippen molar-refractivity contribution < 1.29 is 22.4 Å². The largest absolute Gasteiger partial charge is 0.401 e. The van der Waals surface area contributed by atoms with Crippen molar-refractivity contribution in [3.05, 3.63) is 0 Å². The lowest BCUT2D eigenvalue weighted by Crippen LogP contribution is -2.55. The van der Waals surface area contributed by atoms with Crippen LogP contribution in [0.15, 0.2) is 0 Å². The summed E-state index contributed by atoms with van der Waals surface area (Å²) in [6, 6.07) is 0.163. The number of halogens is 4. The van der Waals surface area contributed by atoms with Crippen LogP contribution in [-0.4, -0.2) is 84.9 Å². The topological polar surface area (TPSA) is 47.6 Å². The van der Waals surface area contributed by atoms with Gasteiger partial charge in [-0.25, -0.2) is 4.39 Å². The predicted octanol–water partition coefficient (Wildman–Crippen LogP) is 2.71. The van der Waals surface area contributed by atoms with Crippen molar-refractivity contribution in [2.75, 3.05) is 32.7 Å². The number of nitrogens with one attached hydrogen (secondary N) is 2. The summed E-state index contributed by atoms with van der Waals surface area (Å²) in [5, 5.41) is 6.60. The van der Waals surface area contributed by atoms with Gasteiger partial charge in [0.05, 0.1) is 12.6 Å². The number of carbonyl (C=O) groups is 1. The van der Waals surface area contributed by atoms with E-state index in [0.717, 1.165) is 32.1 Å². The van der Waals surface area contributed by atoms with E-state index in [1.807, 2.05) is 0 Å². The number of amides is 1. The first kappa shape index (κ1) is 23.2. The van der Waals surface area contributed by atoms with Crippen LogP contribution in [0.5, 0.6) is 0 Å². The zero-order valence-electron chi connectivity index (χ0n) is 18.3. The average molecular weight is 449 g/mol. The highest BCUT2D eigenvalue weighted by atomic mass is 19.4. The highest BCUT2D eigenvalue weighted by Gasteiger charge is 2.46. The van der Waals surface area contributed by atoms with E-state index in [1.54, 1.807) is 0 Å². The molecule has 0 aromatic carbocycles. The Kier molecular flexibility index (Phi) is 7.13. The molecule has 2 saturated heterocycles. The van der Waals surface area contributed by atoms with Gasteiger partial charge in [-0.05, 0) is 50.9 Å². The molecule has 2 aliphatic heterocycles. The van der Waals surface area contributed by atoms with Gasteiger partial charge < -0.3 is 10.6 Å². The summed E-state index contributed by atoms with van der Waals surface area (Å²) in [6.45, 7) is 3.46. The molecule has 2 heterocycles. The third kappa shape index (κ3) is 5.71. The number of hydrogen-bond donors (Lipinski definition) is 2. The van der Waals surface area contributed by atoms with Crippen molar-refractivity contribution in [1.29, 1.82) is 0 Å². The first-order valence-corrected chi connectivity index (χ1v) is 11.9. The van der Waals surface area contributed by atoms with Crippen LogP contribution in [0.4, 0.5) is 17.6 Å². The molecule has 1 amide bonds. The van der Waals surface area contributed by atoms with E-state index in [-0.39, 0.29) is 30.0 Å². The fraction of sp³-hybridized carbons (Fsp3) is 0.955. The van der Waals surface area contributed by atoms with Crippen molar-refractivity contribution in [3.8, 4) is 0 Å². The van der Waals surface area contributed by atoms with Gasteiger partial charge in [0.15, 0.2) is 0 Å². The Morgan fingerprint density at radius 2 is 1.81 bits per heavy atom. The lowest BCUT2D eigenvalue weighted by atomic mass is 9.77. The van der Waals surface area contributed by atoms with Crippen molar-refractivity contribution in [2.24, 2.45) is 11.8 Å². The van der Waals surface area contributed by atoms with E-state index in [0.29, 0.717) is 51.0 Å². The van der Waals surface area contributed by atoms with E-state index in [2.05, 4.69) is 22.5 Å². The average Bonchev–Trinajstić information content (AvgIpc) is 3.18. The maximum absolute atomic E-state index is 14.3. The quantitative estimate of drug-likeness (QED) is 0.650. The maximum Gasteiger partial charge on any atom is 0.401 e. The minimum Gasteiger partial charge on any atom is -0.352 e. The fourth-order valence-electron chi connectivity index (χ4n) is 6.27. The van der Waals surface area contributed by atoms with Gasteiger partial charge in [-0.1, -0.05) is 6.92 Å². The Morgan fingerprint density at radius 1 is 1.06 bits per heavy atom. The number of piperazine rings is 1. The van der Waals surface area contributed by atoms with Gasteiger partial charge in [0.1, 0.15) is 6.17 Å². The SMILES string of the molecule is CC1CCC(F)C2CC(C(=O)N[C@@H]3CCC[C@@H](N4CCN(CC(F)(F)F)CC4)C3)NC12. The zero-order valence-corrected chi connectivity index (χ0v) is 18.3. The highest BCUT2D eigenvalue weighted by Crippen LogP contribution is 2.38. The van der Waals surface area contributed by atoms with Crippen molar-refractivity contribution in [3.63, 3.8) is 0 Å². The summed E-state index contributed by atoms with van der Waals surface area (Å²) in [7, 11) is 0. The van der Waals surface area contributed by atoms with Crippen molar-refractivity contribution in [2.45, 2.75) is 88.4 Å². The summed E-state index contributed by atoms with van der Waals surface area (Å²) in [6.07, 6.45) is 0.868. The molecule has 4 fully saturated rings. The first-order valence-electron chi connectivity index (χ1n) is 11.9. The molecule has 9 heteroatoms. The zero-order chi connectivity index (χ0) is 22.2. The van der Waals surface area contributed by atoms with E-state index >= 15 is 0 Å². The Bertz CT molecular complexity index is 607. The Hall–Kier alpha value is -0.930. The van der Waals surface area contributed by atoms with E-state index in [9.17, 15) is 22.4 Å². The highest BCUT2D eigenvalue weighted by molar-refractivity contribution is 5.82. The maximum atomic E-state index is 14.3. The van der Waals surface area contributed by atoms with Crippen LogP contribution in [0.2, 0.25) is 0 Å². The number of hydrogen-bond acceptors (Lipinski definition) is 4. The van der Waals surface area contributed by atoms with Gasteiger partial charge >= 0.3 is 6.18 Å². The molecular weight excluding hydrogens is 412 g/mol. The Morgan fingerprint density at radius 3 is 2.48 bits per heavy atom.